The average molecular weight is 448 g/mol. The fourth-order valence-electron chi connectivity index (χ4n) is 2.39. The molecule has 2 rings (SSSR count). The van der Waals surface area contributed by atoms with Crippen molar-refractivity contribution < 1.29 is 35.5 Å². The Balaban J connectivity index is 2.47. The standard InChI is InChI=1S/C17H10Cl2F7NO/c18-12-5-9(15(20,16(21,22)23)17(24,25)26)6-13(19)11(12)7-14(28)8-1-3-10(27)4-2-8/h1-6H,7,27H2. The fraction of sp³-hybridized carbons (Fsp3) is 0.235. The van der Waals surface area contributed by atoms with Crippen molar-refractivity contribution in [3.63, 3.8) is 0 Å². The molecule has 0 amide bonds. The lowest BCUT2D eigenvalue weighted by molar-refractivity contribution is -0.348. The highest BCUT2D eigenvalue weighted by Crippen LogP contribution is 2.54. The molecule has 0 radical (unpaired) electrons. The maximum atomic E-state index is 14.1. The predicted octanol–water partition coefficient (Wildman–Crippen LogP) is 6.29. The molecule has 2 aromatic rings. The number of carbonyl (C=O) groups excluding carboxylic acids is 1. The number of alkyl halides is 7. The second-order valence-electron chi connectivity index (χ2n) is 5.79. The largest absolute Gasteiger partial charge is 0.435 e. The molecule has 28 heavy (non-hydrogen) atoms. The average Bonchev–Trinajstić information content (AvgIpc) is 2.55. The van der Waals surface area contributed by atoms with E-state index < -0.39 is 45.8 Å². The molecule has 0 aromatic heterocycles. The number of carbonyl (C=O) groups is 1. The predicted molar refractivity (Wildman–Crippen MR) is 90.2 cm³/mol. The number of ketones is 1. The van der Waals surface area contributed by atoms with Gasteiger partial charge in [0.15, 0.2) is 5.78 Å². The second-order valence-corrected chi connectivity index (χ2v) is 6.61. The molecule has 0 heterocycles. The summed E-state index contributed by atoms with van der Waals surface area (Å²) in [4.78, 5) is 12.2. The lowest BCUT2D eigenvalue weighted by atomic mass is 9.92. The van der Waals surface area contributed by atoms with Crippen LogP contribution in [0.25, 0.3) is 0 Å². The van der Waals surface area contributed by atoms with Crippen molar-refractivity contribution in [3.8, 4) is 0 Å². The third kappa shape index (κ3) is 4.05. The van der Waals surface area contributed by atoms with E-state index in [0.717, 1.165) is 0 Å². The molecule has 0 aliphatic heterocycles. The van der Waals surface area contributed by atoms with Gasteiger partial charge in [-0.15, -0.1) is 0 Å². The minimum atomic E-state index is -6.31. The molecule has 0 spiro atoms. The Labute approximate surface area is 164 Å². The van der Waals surface area contributed by atoms with Gasteiger partial charge in [0, 0.05) is 33.3 Å². The number of halogens is 9. The fourth-order valence-corrected chi connectivity index (χ4v) is 3.01. The summed E-state index contributed by atoms with van der Waals surface area (Å²) in [6.45, 7) is 0. The van der Waals surface area contributed by atoms with Crippen molar-refractivity contribution in [2.75, 3.05) is 5.73 Å². The molecule has 0 saturated carbocycles. The first-order chi connectivity index (χ1) is 12.7. The van der Waals surface area contributed by atoms with Crippen molar-refractivity contribution in [3.05, 3.63) is 63.1 Å². The van der Waals surface area contributed by atoms with Crippen molar-refractivity contribution in [1.82, 2.24) is 0 Å². The van der Waals surface area contributed by atoms with Gasteiger partial charge in [0.25, 0.3) is 0 Å². The van der Waals surface area contributed by atoms with E-state index in [-0.39, 0.29) is 23.3 Å². The molecule has 0 saturated heterocycles. The number of hydrogen-bond donors (Lipinski definition) is 1. The maximum Gasteiger partial charge on any atom is 0.435 e. The SMILES string of the molecule is Nc1ccc(C(=O)Cc2c(Cl)cc(C(F)(C(F)(F)F)C(F)(F)F)cc2Cl)cc1. The zero-order valence-corrected chi connectivity index (χ0v) is 15.1. The Kier molecular flexibility index (Phi) is 5.92. The third-order valence-electron chi connectivity index (χ3n) is 3.89. The van der Waals surface area contributed by atoms with Crippen LogP contribution in [0.5, 0.6) is 0 Å². The maximum absolute atomic E-state index is 14.1. The van der Waals surface area contributed by atoms with E-state index >= 15 is 0 Å². The minimum absolute atomic E-state index is 0.163. The van der Waals surface area contributed by atoms with Gasteiger partial charge in [0.1, 0.15) is 0 Å². The number of nitrogens with two attached hydrogens (primary N) is 1. The Hall–Kier alpha value is -2.00. The molecule has 0 aliphatic carbocycles. The molecule has 2 N–H and O–H groups in total. The summed E-state index contributed by atoms with van der Waals surface area (Å²) in [6.07, 6.45) is -13.1. The van der Waals surface area contributed by atoms with Gasteiger partial charge in [-0.25, -0.2) is 4.39 Å². The van der Waals surface area contributed by atoms with E-state index in [0.29, 0.717) is 5.69 Å². The van der Waals surface area contributed by atoms with E-state index in [4.69, 9.17) is 28.9 Å². The summed E-state index contributed by atoms with van der Waals surface area (Å²) in [5, 5.41) is -1.41. The molecular weight excluding hydrogens is 438 g/mol. The third-order valence-corrected chi connectivity index (χ3v) is 4.56. The first kappa shape index (κ1) is 22.3. The van der Waals surface area contributed by atoms with Gasteiger partial charge >= 0.3 is 18.0 Å². The number of rotatable bonds is 4. The van der Waals surface area contributed by atoms with Crippen LogP contribution in [0, 0.1) is 0 Å². The van der Waals surface area contributed by atoms with Crippen LogP contribution in [0.1, 0.15) is 21.5 Å². The van der Waals surface area contributed by atoms with Gasteiger partial charge in [0.05, 0.1) is 0 Å². The van der Waals surface area contributed by atoms with E-state index in [1.54, 1.807) is 0 Å². The number of Topliss-reactive ketones (excluding diaryl/α,β-unsaturated/α-hetero) is 1. The highest BCUT2D eigenvalue weighted by atomic mass is 35.5. The second kappa shape index (κ2) is 7.44. The van der Waals surface area contributed by atoms with Crippen LogP contribution in [0.4, 0.5) is 36.4 Å². The zero-order valence-electron chi connectivity index (χ0n) is 13.6. The van der Waals surface area contributed by atoms with E-state index in [1.165, 1.54) is 24.3 Å². The number of nitrogen functional groups attached to an aromatic ring is 1. The van der Waals surface area contributed by atoms with Gasteiger partial charge in [-0.3, -0.25) is 4.79 Å². The van der Waals surface area contributed by atoms with Gasteiger partial charge in [-0.2, -0.15) is 26.3 Å². The number of anilines is 1. The Morgan fingerprint density at radius 1 is 0.857 bits per heavy atom. The van der Waals surface area contributed by atoms with E-state index in [9.17, 15) is 35.5 Å². The quantitative estimate of drug-likeness (QED) is 0.340. The van der Waals surface area contributed by atoms with E-state index in [1.807, 2.05) is 0 Å². The molecule has 0 unspecified atom stereocenters. The first-order valence-corrected chi connectivity index (χ1v) is 8.13. The van der Waals surface area contributed by atoms with Crippen molar-refractivity contribution in [1.29, 1.82) is 0 Å². The lowest BCUT2D eigenvalue weighted by Gasteiger charge is -2.30. The first-order valence-electron chi connectivity index (χ1n) is 7.38. The monoisotopic (exact) mass is 447 g/mol. The van der Waals surface area contributed by atoms with Crippen LogP contribution >= 0.6 is 23.2 Å². The summed E-state index contributed by atoms with van der Waals surface area (Å²) < 4.78 is 91.4. The number of benzene rings is 2. The van der Waals surface area contributed by atoms with Crippen LogP contribution in [-0.4, -0.2) is 18.1 Å². The van der Waals surface area contributed by atoms with Crippen LogP contribution in [0.3, 0.4) is 0 Å². The van der Waals surface area contributed by atoms with Crippen molar-refractivity contribution in [2.24, 2.45) is 0 Å². The molecular formula is C17H10Cl2F7NO. The molecule has 0 aliphatic rings. The van der Waals surface area contributed by atoms with Crippen LogP contribution < -0.4 is 5.73 Å². The van der Waals surface area contributed by atoms with Gasteiger partial charge in [0.2, 0.25) is 0 Å². The molecule has 0 atom stereocenters. The topological polar surface area (TPSA) is 43.1 Å². The molecule has 0 fully saturated rings. The summed E-state index contributed by atoms with van der Waals surface area (Å²) in [5.41, 5.74) is -1.72. The van der Waals surface area contributed by atoms with Gasteiger partial charge < -0.3 is 5.73 Å². The highest BCUT2D eigenvalue weighted by molar-refractivity contribution is 6.36. The smallest absolute Gasteiger partial charge is 0.399 e. The Bertz CT molecular complexity index is 855. The normalized spacial score (nSPS) is 12.9. The van der Waals surface area contributed by atoms with Crippen LogP contribution in [0.2, 0.25) is 10.0 Å². The van der Waals surface area contributed by atoms with E-state index in [2.05, 4.69) is 0 Å². The molecule has 152 valence electrons. The van der Waals surface area contributed by atoms with Gasteiger partial charge in [-0.05, 0) is 42.0 Å². The Morgan fingerprint density at radius 3 is 1.68 bits per heavy atom. The molecule has 2 aromatic carbocycles. The number of hydrogen-bond acceptors (Lipinski definition) is 2. The van der Waals surface area contributed by atoms with Crippen molar-refractivity contribution >= 4 is 34.7 Å². The van der Waals surface area contributed by atoms with Crippen molar-refractivity contribution in [2.45, 2.75) is 24.4 Å². The summed E-state index contributed by atoms with van der Waals surface area (Å²) >= 11 is 11.5. The van der Waals surface area contributed by atoms with Crippen LogP contribution in [0.15, 0.2) is 36.4 Å². The summed E-state index contributed by atoms with van der Waals surface area (Å²) in [7, 11) is 0. The molecule has 2 nitrogen and oxygen atoms in total. The summed E-state index contributed by atoms with van der Waals surface area (Å²) in [6, 6.07) is 5.91. The molecule has 11 heteroatoms. The molecule has 0 bridgehead atoms. The van der Waals surface area contributed by atoms with Gasteiger partial charge in [-0.1, -0.05) is 23.2 Å². The Morgan fingerprint density at radius 2 is 1.29 bits per heavy atom. The highest BCUT2D eigenvalue weighted by Gasteiger charge is 2.73. The lowest BCUT2D eigenvalue weighted by Crippen LogP contribution is -2.50. The van der Waals surface area contributed by atoms with Crippen LogP contribution in [-0.2, 0) is 12.1 Å². The zero-order chi connectivity index (χ0) is 21.5. The summed E-state index contributed by atoms with van der Waals surface area (Å²) in [5.74, 6) is -0.574. The minimum Gasteiger partial charge on any atom is -0.399 e.